The molecule has 4 N–H and O–H groups in total. The van der Waals surface area contributed by atoms with Crippen LogP contribution in [0.25, 0.3) is 49.8 Å². The molecule has 16 heteroatoms. The first kappa shape index (κ1) is 35.5. The minimum absolute atomic E-state index is 0.0287. The van der Waals surface area contributed by atoms with Crippen molar-refractivity contribution in [1.82, 2.24) is 19.2 Å². The Balaban J connectivity index is 0.000000491. The molecule has 6 aromatic rings. The van der Waals surface area contributed by atoms with Crippen LogP contribution in [0.15, 0.2) is 56.2 Å². The van der Waals surface area contributed by atoms with Crippen molar-refractivity contribution in [2.45, 2.75) is 52.1 Å². The number of fused-ring (bicyclic) bond motifs is 4. The van der Waals surface area contributed by atoms with Crippen LogP contribution in [0.3, 0.4) is 0 Å². The van der Waals surface area contributed by atoms with Gasteiger partial charge in [-0.05, 0) is 71.7 Å². The number of hydrogen-bond donors (Lipinski definition) is 3. The SMILES string of the molecule is CC(C)(C)OC(N)=O.O=C(c1cn2c3cc4oc5cc([N+](=O)[O-])ccc5[nH]c4cc3oc3c(NCCN4CCCC4)c(F)cc(c1=O)c32)N1CCCC1. The zero-order valence-electron chi connectivity index (χ0n) is 29.6. The molecule has 0 radical (unpaired) electrons. The van der Waals surface area contributed by atoms with Crippen LogP contribution in [-0.2, 0) is 4.74 Å². The van der Waals surface area contributed by atoms with Gasteiger partial charge in [-0.1, -0.05) is 0 Å². The highest BCUT2D eigenvalue weighted by molar-refractivity contribution is 6.07. The molecule has 278 valence electrons. The van der Waals surface area contributed by atoms with Crippen LogP contribution in [0.4, 0.5) is 20.6 Å². The molecule has 3 aromatic heterocycles. The Bertz CT molecular complexity index is 2500. The van der Waals surface area contributed by atoms with Crippen molar-refractivity contribution in [1.29, 1.82) is 0 Å². The zero-order valence-corrected chi connectivity index (χ0v) is 29.6. The molecule has 2 aliphatic heterocycles. The summed E-state index contributed by atoms with van der Waals surface area (Å²) in [6, 6.07) is 8.83. The summed E-state index contributed by atoms with van der Waals surface area (Å²) in [5.74, 6) is -1.05. The largest absolute Gasteiger partial charge is 0.453 e. The molecule has 5 heterocycles. The highest BCUT2D eigenvalue weighted by Gasteiger charge is 2.27. The Labute approximate surface area is 301 Å². The zero-order chi connectivity index (χ0) is 37.6. The number of rotatable bonds is 6. The molecule has 15 nitrogen and oxygen atoms in total. The number of anilines is 1. The number of nitro benzene ring substituents is 1. The smallest absolute Gasteiger partial charge is 0.405 e. The van der Waals surface area contributed by atoms with Crippen molar-refractivity contribution in [3.8, 4) is 0 Å². The van der Waals surface area contributed by atoms with Gasteiger partial charge in [0.25, 0.3) is 11.6 Å². The number of likely N-dealkylation sites (tertiary alicyclic amines) is 2. The summed E-state index contributed by atoms with van der Waals surface area (Å²) in [5, 5.41) is 14.6. The molecule has 0 bridgehead atoms. The predicted octanol–water partition coefficient (Wildman–Crippen LogP) is 6.66. The van der Waals surface area contributed by atoms with Crippen LogP contribution in [0.5, 0.6) is 0 Å². The van der Waals surface area contributed by atoms with Gasteiger partial charge in [-0.3, -0.25) is 19.7 Å². The summed E-state index contributed by atoms with van der Waals surface area (Å²) in [7, 11) is 0. The number of ether oxygens (including phenoxy) is 1. The fraction of sp³-hybridized carbons (Fsp3) is 0.378. The van der Waals surface area contributed by atoms with Gasteiger partial charge in [-0.15, -0.1) is 0 Å². The summed E-state index contributed by atoms with van der Waals surface area (Å²) in [6.45, 7) is 9.60. The molecular weight excluding hydrogens is 689 g/mol. The van der Waals surface area contributed by atoms with E-state index in [1.165, 1.54) is 24.4 Å². The fourth-order valence-electron chi connectivity index (χ4n) is 6.96. The van der Waals surface area contributed by atoms with Crippen molar-refractivity contribution in [2.24, 2.45) is 5.73 Å². The number of nitrogens with zero attached hydrogens (tertiary/aromatic N) is 4. The van der Waals surface area contributed by atoms with Gasteiger partial charge in [0, 0.05) is 50.6 Å². The number of amides is 2. The van der Waals surface area contributed by atoms with Crippen molar-refractivity contribution in [2.75, 3.05) is 44.6 Å². The molecule has 0 atom stereocenters. The van der Waals surface area contributed by atoms with Crippen LogP contribution in [0, 0.1) is 15.9 Å². The van der Waals surface area contributed by atoms with E-state index in [1.807, 2.05) is 0 Å². The van der Waals surface area contributed by atoms with E-state index in [0.717, 1.165) is 45.3 Å². The molecule has 2 fully saturated rings. The number of nitro groups is 1. The first-order valence-corrected chi connectivity index (χ1v) is 17.5. The predicted molar refractivity (Wildman–Crippen MR) is 198 cm³/mol. The number of aromatic amines is 1. The standard InChI is InChI=1S/C32H29FN6O6.C5H11NO2/c33-21-14-19-29-31(28(21)34-7-12-36-8-1-2-9-36)45-27-15-23-26(44-25-13-18(39(42)43)5-6-22(25)35-23)16-24(27)38(29)17-20(30(19)40)32(41)37-10-3-4-11-37;1-5(2,3)8-4(6)7/h5-6,13-17,34-35H,1-4,7-12H2;1-3H3,(H2,6,7). The molecule has 0 unspecified atom stereocenters. The lowest BCUT2D eigenvalue weighted by Crippen LogP contribution is -2.32. The van der Waals surface area contributed by atoms with E-state index >= 15 is 4.39 Å². The number of nitrogens with two attached hydrogens (primary N) is 1. The first-order chi connectivity index (χ1) is 25.3. The number of non-ortho nitro benzene ring substituents is 1. The van der Waals surface area contributed by atoms with Gasteiger partial charge in [0.1, 0.15) is 22.4 Å². The van der Waals surface area contributed by atoms with Crippen LogP contribution in [0.1, 0.15) is 56.8 Å². The molecule has 2 amide bonds. The highest BCUT2D eigenvalue weighted by atomic mass is 19.1. The molecule has 2 saturated heterocycles. The maximum atomic E-state index is 15.9. The molecule has 2 aliphatic rings. The maximum Gasteiger partial charge on any atom is 0.405 e. The van der Waals surface area contributed by atoms with Gasteiger partial charge in [0.15, 0.2) is 28.1 Å². The third-order valence-electron chi connectivity index (χ3n) is 9.35. The number of carbonyl (C=O) groups is 2. The molecule has 8 rings (SSSR count). The van der Waals surface area contributed by atoms with Gasteiger partial charge >= 0.3 is 6.09 Å². The Hall–Kier alpha value is -5.90. The summed E-state index contributed by atoms with van der Waals surface area (Å²) in [6.07, 6.45) is 4.77. The van der Waals surface area contributed by atoms with Crippen molar-refractivity contribution in [3.05, 3.63) is 74.3 Å². The second kappa shape index (κ2) is 13.9. The number of halogens is 1. The Morgan fingerprint density at radius 1 is 1.00 bits per heavy atom. The Morgan fingerprint density at radius 2 is 1.70 bits per heavy atom. The van der Waals surface area contributed by atoms with Crippen molar-refractivity contribution in [3.63, 3.8) is 0 Å². The quantitative estimate of drug-likeness (QED) is 0.0722. The van der Waals surface area contributed by atoms with Crippen LogP contribution >= 0.6 is 0 Å². The topological polar surface area (TPSA) is 195 Å². The number of benzene rings is 3. The summed E-state index contributed by atoms with van der Waals surface area (Å²) < 4.78 is 34.6. The van der Waals surface area contributed by atoms with E-state index in [2.05, 4.69) is 19.9 Å². The Morgan fingerprint density at radius 3 is 2.36 bits per heavy atom. The highest BCUT2D eigenvalue weighted by Crippen LogP contribution is 2.36. The molecule has 3 aromatic carbocycles. The van der Waals surface area contributed by atoms with Crippen LogP contribution < -0.4 is 16.5 Å². The van der Waals surface area contributed by atoms with Crippen molar-refractivity contribution < 1.29 is 32.5 Å². The lowest BCUT2D eigenvalue weighted by Gasteiger charge is -2.20. The monoisotopic (exact) mass is 729 g/mol. The lowest BCUT2D eigenvalue weighted by molar-refractivity contribution is -0.384. The number of nitrogens with one attached hydrogen (secondary N) is 2. The third kappa shape index (κ3) is 7.13. The normalized spacial score (nSPS) is 15.1. The third-order valence-corrected chi connectivity index (χ3v) is 9.35. The van der Waals surface area contributed by atoms with Gasteiger partial charge in [-0.25, -0.2) is 9.18 Å². The van der Waals surface area contributed by atoms with Gasteiger partial charge in [0.05, 0.1) is 32.9 Å². The number of aromatic nitrogens is 2. The minimum Gasteiger partial charge on any atom is -0.453 e. The van der Waals surface area contributed by atoms with E-state index in [1.54, 1.807) is 48.3 Å². The number of primary amides is 1. The van der Waals surface area contributed by atoms with E-state index in [9.17, 15) is 24.5 Å². The van der Waals surface area contributed by atoms with Gasteiger partial charge in [0.2, 0.25) is 5.43 Å². The molecular formula is C37H40FN7O8. The van der Waals surface area contributed by atoms with E-state index < -0.39 is 33.8 Å². The minimum atomic E-state index is -0.725. The van der Waals surface area contributed by atoms with Crippen LogP contribution in [0.2, 0.25) is 0 Å². The van der Waals surface area contributed by atoms with Crippen molar-refractivity contribution >= 4 is 73.2 Å². The summed E-state index contributed by atoms with van der Waals surface area (Å²) >= 11 is 0. The van der Waals surface area contributed by atoms with E-state index in [0.29, 0.717) is 52.9 Å². The first-order valence-electron chi connectivity index (χ1n) is 17.5. The average Bonchev–Trinajstić information content (AvgIpc) is 3.83. The molecule has 53 heavy (non-hydrogen) atoms. The number of hydrogen-bond acceptors (Lipinski definition) is 10. The van der Waals surface area contributed by atoms with Gasteiger partial charge in [-0.2, -0.15) is 0 Å². The second-order valence-corrected chi connectivity index (χ2v) is 14.3. The number of H-pyrrole nitrogens is 1. The fourth-order valence-corrected chi connectivity index (χ4v) is 6.96. The van der Waals surface area contributed by atoms with E-state index in [-0.39, 0.29) is 33.5 Å². The van der Waals surface area contributed by atoms with Gasteiger partial charge < -0.3 is 43.8 Å². The summed E-state index contributed by atoms with van der Waals surface area (Å²) in [4.78, 5) is 55.4. The maximum absolute atomic E-state index is 15.9. The summed E-state index contributed by atoms with van der Waals surface area (Å²) in [5.41, 5.74) is 6.66. The average molecular weight is 730 g/mol. The van der Waals surface area contributed by atoms with Crippen LogP contribution in [-0.4, -0.2) is 81.0 Å². The number of pyridine rings is 1. The Kier molecular flexibility index (Phi) is 9.32. The van der Waals surface area contributed by atoms with E-state index in [4.69, 9.17) is 14.6 Å². The molecule has 0 aliphatic carbocycles. The number of carbonyl (C=O) groups excluding carboxylic acids is 2. The second-order valence-electron chi connectivity index (χ2n) is 14.3. The lowest BCUT2D eigenvalue weighted by atomic mass is 10.1. The molecule has 0 saturated carbocycles. The molecule has 0 spiro atoms.